The molecule has 3 heteroatoms. The highest BCUT2D eigenvalue weighted by molar-refractivity contribution is 9.09. The van der Waals surface area contributed by atoms with Gasteiger partial charge in [0, 0.05) is 17.6 Å². The second-order valence-electron chi connectivity index (χ2n) is 5.80. The highest BCUT2D eigenvalue weighted by Crippen LogP contribution is 2.17. The number of nitrogens with zero attached hydrogens (tertiary/aromatic N) is 2. The molecule has 20 heavy (non-hydrogen) atoms. The summed E-state index contributed by atoms with van der Waals surface area (Å²) in [5.41, 5.74) is 3.92. The zero-order chi connectivity index (χ0) is 14.5. The normalized spacial score (nSPS) is 12.8. The van der Waals surface area contributed by atoms with E-state index >= 15 is 0 Å². The molecule has 1 atom stereocenters. The molecule has 0 spiro atoms. The van der Waals surface area contributed by atoms with Gasteiger partial charge in [-0.1, -0.05) is 45.8 Å². The summed E-state index contributed by atoms with van der Waals surface area (Å²) >= 11 is 3.65. The summed E-state index contributed by atoms with van der Waals surface area (Å²) in [5.74, 6) is 0.591. The van der Waals surface area contributed by atoms with Crippen LogP contribution in [0.2, 0.25) is 0 Å². The van der Waals surface area contributed by atoms with Gasteiger partial charge < -0.3 is 0 Å². The van der Waals surface area contributed by atoms with Gasteiger partial charge in [-0.15, -0.1) is 0 Å². The number of halogens is 1. The molecule has 2 rings (SSSR count). The molecule has 0 N–H and O–H groups in total. The second-order valence-corrected chi connectivity index (χ2v) is 6.44. The molecule has 0 aliphatic carbocycles. The van der Waals surface area contributed by atoms with E-state index in [4.69, 9.17) is 0 Å². The molecular formula is C17H23BrN2. The summed E-state index contributed by atoms with van der Waals surface area (Å²) in [6.07, 6.45) is 4.20. The third kappa shape index (κ3) is 4.20. The van der Waals surface area contributed by atoms with E-state index in [0.29, 0.717) is 12.0 Å². The Labute approximate surface area is 130 Å². The van der Waals surface area contributed by atoms with Crippen molar-refractivity contribution in [2.45, 2.75) is 39.7 Å². The summed E-state index contributed by atoms with van der Waals surface area (Å²) in [6, 6.07) is 11.4. The second kappa shape index (κ2) is 7.07. The fourth-order valence-electron chi connectivity index (χ4n) is 2.31. The Balaban J connectivity index is 1.99. The molecule has 0 bridgehead atoms. The van der Waals surface area contributed by atoms with Crippen molar-refractivity contribution >= 4 is 15.9 Å². The van der Waals surface area contributed by atoms with Crippen LogP contribution in [0, 0.1) is 12.8 Å². The standard InChI is InChI=1S/C17H23BrN2/c1-13(2)20-9-8-17(19-20)11-16(12-18)10-15-6-4-14(3)5-7-15/h4-9,13,16H,10-12H2,1-3H3. The van der Waals surface area contributed by atoms with Gasteiger partial charge in [-0.2, -0.15) is 5.10 Å². The van der Waals surface area contributed by atoms with Crippen LogP contribution in [0.3, 0.4) is 0 Å². The van der Waals surface area contributed by atoms with Crippen LogP contribution in [0.15, 0.2) is 36.5 Å². The molecule has 0 radical (unpaired) electrons. The molecule has 2 aromatic rings. The van der Waals surface area contributed by atoms with Gasteiger partial charge in [0.1, 0.15) is 0 Å². The van der Waals surface area contributed by atoms with Crippen LogP contribution in [0.25, 0.3) is 0 Å². The van der Waals surface area contributed by atoms with Gasteiger partial charge in [-0.3, -0.25) is 4.68 Å². The number of hydrogen-bond acceptors (Lipinski definition) is 1. The first-order chi connectivity index (χ1) is 9.58. The molecule has 1 unspecified atom stereocenters. The maximum atomic E-state index is 4.65. The average Bonchev–Trinajstić information content (AvgIpc) is 2.89. The van der Waals surface area contributed by atoms with Crippen molar-refractivity contribution in [3.8, 4) is 0 Å². The SMILES string of the molecule is Cc1ccc(CC(CBr)Cc2ccn(C(C)C)n2)cc1. The van der Waals surface area contributed by atoms with E-state index in [1.54, 1.807) is 0 Å². The maximum Gasteiger partial charge on any atom is 0.0627 e. The monoisotopic (exact) mass is 334 g/mol. The Bertz CT molecular complexity index is 528. The molecule has 1 aromatic carbocycles. The molecule has 0 aliphatic rings. The molecule has 108 valence electrons. The van der Waals surface area contributed by atoms with Crippen LogP contribution in [0.4, 0.5) is 0 Å². The lowest BCUT2D eigenvalue weighted by atomic mass is 9.96. The van der Waals surface area contributed by atoms with Gasteiger partial charge in [0.2, 0.25) is 0 Å². The third-order valence-electron chi connectivity index (χ3n) is 3.55. The minimum atomic E-state index is 0.434. The largest absolute Gasteiger partial charge is 0.270 e. The molecule has 1 heterocycles. The van der Waals surface area contributed by atoms with E-state index in [1.165, 1.54) is 16.8 Å². The van der Waals surface area contributed by atoms with E-state index in [1.807, 2.05) is 4.68 Å². The highest BCUT2D eigenvalue weighted by atomic mass is 79.9. The van der Waals surface area contributed by atoms with Crippen LogP contribution >= 0.6 is 15.9 Å². The third-order valence-corrected chi connectivity index (χ3v) is 4.47. The molecule has 0 saturated heterocycles. The number of hydrogen-bond donors (Lipinski definition) is 0. The molecule has 1 aromatic heterocycles. The van der Waals surface area contributed by atoms with Gasteiger partial charge >= 0.3 is 0 Å². The first kappa shape index (κ1) is 15.3. The number of alkyl halides is 1. The first-order valence-electron chi connectivity index (χ1n) is 7.24. The van der Waals surface area contributed by atoms with E-state index in [-0.39, 0.29) is 0 Å². The number of aryl methyl sites for hydroxylation is 1. The zero-order valence-electron chi connectivity index (χ0n) is 12.5. The lowest BCUT2D eigenvalue weighted by Gasteiger charge is -2.13. The summed E-state index contributed by atoms with van der Waals surface area (Å²) in [5, 5.41) is 5.66. The van der Waals surface area contributed by atoms with Crippen LogP contribution in [-0.2, 0) is 12.8 Å². The Kier molecular flexibility index (Phi) is 5.41. The summed E-state index contributed by atoms with van der Waals surface area (Å²) < 4.78 is 2.03. The van der Waals surface area contributed by atoms with Crippen LogP contribution < -0.4 is 0 Å². The number of aromatic nitrogens is 2. The quantitative estimate of drug-likeness (QED) is 0.707. The summed E-state index contributed by atoms with van der Waals surface area (Å²) in [4.78, 5) is 0. The van der Waals surface area contributed by atoms with Gasteiger partial charge in [0.15, 0.2) is 0 Å². The molecule has 0 aliphatic heterocycles. The molecule has 0 saturated carbocycles. The van der Waals surface area contributed by atoms with Gasteiger partial charge in [0.25, 0.3) is 0 Å². The van der Waals surface area contributed by atoms with Crippen molar-refractivity contribution in [1.29, 1.82) is 0 Å². The van der Waals surface area contributed by atoms with E-state index < -0.39 is 0 Å². The van der Waals surface area contributed by atoms with Gasteiger partial charge in [-0.25, -0.2) is 0 Å². The van der Waals surface area contributed by atoms with Crippen molar-refractivity contribution in [1.82, 2.24) is 9.78 Å². The van der Waals surface area contributed by atoms with E-state index in [2.05, 4.69) is 78.3 Å². The van der Waals surface area contributed by atoms with Crippen molar-refractivity contribution in [3.05, 3.63) is 53.3 Å². The minimum Gasteiger partial charge on any atom is -0.270 e. The lowest BCUT2D eigenvalue weighted by Crippen LogP contribution is -2.11. The topological polar surface area (TPSA) is 17.8 Å². The predicted octanol–water partition coefficient (Wildman–Crippen LogP) is 4.57. The molecular weight excluding hydrogens is 312 g/mol. The van der Waals surface area contributed by atoms with Crippen LogP contribution in [0.5, 0.6) is 0 Å². The first-order valence-corrected chi connectivity index (χ1v) is 8.36. The molecule has 0 fully saturated rings. The van der Waals surface area contributed by atoms with Crippen molar-refractivity contribution in [2.75, 3.05) is 5.33 Å². The Hall–Kier alpha value is -1.09. The number of benzene rings is 1. The maximum absolute atomic E-state index is 4.65. The predicted molar refractivity (Wildman–Crippen MR) is 88.5 cm³/mol. The van der Waals surface area contributed by atoms with Crippen molar-refractivity contribution in [2.24, 2.45) is 5.92 Å². The Morgan fingerprint density at radius 2 is 1.80 bits per heavy atom. The lowest BCUT2D eigenvalue weighted by molar-refractivity contribution is 0.513. The smallest absolute Gasteiger partial charge is 0.0627 e. The Morgan fingerprint density at radius 1 is 1.10 bits per heavy atom. The van der Waals surface area contributed by atoms with Gasteiger partial charge in [0.05, 0.1) is 5.69 Å². The fourth-order valence-corrected chi connectivity index (χ4v) is 2.77. The highest BCUT2D eigenvalue weighted by Gasteiger charge is 2.12. The Morgan fingerprint density at radius 3 is 2.35 bits per heavy atom. The number of rotatable bonds is 6. The average molecular weight is 335 g/mol. The van der Waals surface area contributed by atoms with Crippen LogP contribution in [-0.4, -0.2) is 15.1 Å². The summed E-state index contributed by atoms with van der Waals surface area (Å²) in [6.45, 7) is 6.44. The van der Waals surface area contributed by atoms with Crippen LogP contribution in [0.1, 0.15) is 36.7 Å². The van der Waals surface area contributed by atoms with E-state index in [0.717, 1.165) is 18.2 Å². The van der Waals surface area contributed by atoms with E-state index in [9.17, 15) is 0 Å². The van der Waals surface area contributed by atoms with Gasteiger partial charge in [-0.05, 0) is 51.2 Å². The zero-order valence-corrected chi connectivity index (χ0v) is 14.1. The fraction of sp³-hybridized carbons (Fsp3) is 0.471. The van der Waals surface area contributed by atoms with Crippen molar-refractivity contribution < 1.29 is 0 Å². The van der Waals surface area contributed by atoms with Crippen molar-refractivity contribution in [3.63, 3.8) is 0 Å². The minimum absolute atomic E-state index is 0.434. The summed E-state index contributed by atoms with van der Waals surface area (Å²) in [7, 11) is 0. The molecule has 2 nitrogen and oxygen atoms in total. The molecule has 0 amide bonds.